The maximum atomic E-state index is 5.55. The number of aliphatic imine (C=N–C) groups is 1. The van der Waals surface area contributed by atoms with E-state index in [0.717, 1.165) is 24.7 Å². The van der Waals surface area contributed by atoms with Gasteiger partial charge in [-0.3, -0.25) is 4.68 Å². The highest BCUT2D eigenvalue weighted by Gasteiger charge is 2.24. The van der Waals surface area contributed by atoms with Gasteiger partial charge in [-0.1, -0.05) is 20.8 Å². The second kappa shape index (κ2) is 10.0. The van der Waals surface area contributed by atoms with Gasteiger partial charge in [-0.15, -0.1) is 24.0 Å². The zero-order chi connectivity index (χ0) is 15.9. The van der Waals surface area contributed by atoms with E-state index in [1.54, 1.807) is 13.3 Å². The summed E-state index contributed by atoms with van der Waals surface area (Å²) in [6, 6.07) is 1.97. The number of guanidine groups is 1. The zero-order valence-corrected chi connectivity index (χ0v) is 16.8. The van der Waals surface area contributed by atoms with E-state index in [2.05, 4.69) is 48.4 Å². The van der Waals surface area contributed by atoms with Crippen LogP contribution in [0, 0.1) is 5.41 Å². The van der Waals surface area contributed by atoms with Crippen molar-refractivity contribution >= 4 is 29.9 Å². The van der Waals surface area contributed by atoms with E-state index < -0.39 is 0 Å². The van der Waals surface area contributed by atoms with Crippen molar-refractivity contribution in [2.45, 2.75) is 40.3 Å². The summed E-state index contributed by atoms with van der Waals surface area (Å²) in [6.07, 6.45) is 1.91. The van der Waals surface area contributed by atoms with Gasteiger partial charge < -0.3 is 15.4 Å². The summed E-state index contributed by atoms with van der Waals surface area (Å²) < 4.78 is 7.39. The Balaban J connectivity index is 0.00000441. The summed E-state index contributed by atoms with van der Waals surface area (Å²) in [6.45, 7) is 10.7. The molecule has 128 valence electrons. The van der Waals surface area contributed by atoms with Crippen molar-refractivity contribution in [3.63, 3.8) is 0 Å². The van der Waals surface area contributed by atoms with Gasteiger partial charge in [-0.2, -0.15) is 5.10 Å². The number of hydrogen-bond acceptors (Lipinski definition) is 3. The van der Waals surface area contributed by atoms with E-state index in [0.29, 0.717) is 6.54 Å². The lowest BCUT2D eigenvalue weighted by Gasteiger charge is -2.30. The fourth-order valence-electron chi connectivity index (χ4n) is 1.99. The highest BCUT2D eigenvalue weighted by atomic mass is 127. The predicted molar refractivity (Wildman–Crippen MR) is 102 cm³/mol. The Morgan fingerprint density at radius 1 is 1.41 bits per heavy atom. The molecule has 0 aliphatic carbocycles. The van der Waals surface area contributed by atoms with Crippen molar-refractivity contribution in [1.82, 2.24) is 20.4 Å². The van der Waals surface area contributed by atoms with Crippen LogP contribution in [0.25, 0.3) is 0 Å². The fraction of sp³-hybridized carbons (Fsp3) is 0.733. The summed E-state index contributed by atoms with van der Waals surface area (Å²) >= 11 is 0. The third-order valence-corrected chi connectivity index (χ3v) is 3.37. The number of methoxy groups -OCH3 is 1. The van der Waals surface area contributed by atoms with Gasteiger partial charge in [-0.05, 0) is 18.4 Å². The molecule has 1 atom stereocenters. The Labute approximate surface area is 151 Å². The first-order valence-electron chi connectivity index (χ1n) is 7.40. The summed E-state index contributed by atoms with van der Waals surface area (Å²) in [5.41, 5.74) is 1.16. The van der Waals surface area contributed by atoms with Crippen LogP contribution in [0.2, 0.25) is 0 Å². The first-order valence-corrected chi connectivity index (χ1v) is 7.40. The molecule has 1 rings (SSSR count). The van der Waals surface area contributed by atoms with E-state index >= 15 is 0 Å². The molecule has 2 N–H and O–H groups in total. The first kappa shape index (κ1) is 21.2. The highest BCUT2D eigenvalue weighted by molar-refractivity contribution is 14.0. The Kier molecular flexibility index (Phi) is 9.66. The minimum atomic E-state index is 0. The maximum absolute atomic E-state index is 5.55. The van der Waals surface area contributed by atoms with Crippen molar-refractivity contribution in [1.29, 1.82) is 0 Å². The van der Waals surface area contributed by atoms with E-state index in [4.69, 9.17) is 4.74 Å². The second-order valence-electron chi connectivity index (χ2n) is 6.11. The van der Waals surface area contributed by atoms with Crippen molar-refractivity contribution in [3.8, 4) is 0 Å². The van der Waals surface area contributed by atoms with Crippen molar-refractivity contribution in [3.05, 3.63) is 18.0 Å². The molecule has 1 unspecified atom stereocenters. The molecule has 6 nitrogen and oxygen atoms in total. The number of halogens is 1. The van der Waals surface area contributed by atoms with E-state index in [1.807, 2.05) is 17.8 Å². The molecule has 0 amide bonds. The number of nitrogens with one attached hydrogen (secondary N) is 2. The van der Waals surface area contributed by atoms with Crippen LogP contribution in [0.5, 0.6) is 0 Å². The van der Waals surface area contributed by atoms with Crippen LogP contribution in [-0.4, -0.2) is 42.0 Å². The maximum Gasteiger partial charge on any atom is 0.191 e. The molecule has 0 aromatic carbocycles. The zero-order valence-electron chi connectivity index (χ0n) is 14.5. The molecule has 7 heteroatoms. The Hall–Kier alpha value is -0.830. The monoisotopic (exact) mass is 423 g/mol. The molecule has 22 heavy (non-hydrogen) atoms. The molecule has 1 heterocycles. The molecular formula is C15H30IN5O. The molecule has 0 bridgehead atoms. The van der Waals surface area contributed by atoms with Crippen LogP contribution in [-0.2, 0) is 18.3 Å². The number of aromatic nitrogens is 2. The fourth-order valence-corrected chi connectivity index (χ4v) is 1.99. The van der Waals surface area contributed by atoms with Crippen LogP contribution < -0.4 is 10.6 Å². The quantitative estimate of drug-likeness (QED) is 0.418. The van der Waals surface area contributed by atoms with E-state index in [9.17, 15) is 0 Å². The number of hydrogen-bond donors (Lipinski definition) is 2. The molecule has 1 aromatic heterocycles. The van der Waals surface area contributed by atoms with Crippen LogP contribution in [0.1, 0.15) is 33.4 Å². The van der Waals surface area contributed by atoms with Gasteiger partial charge in [0.25, 0.3) is 0 Å². The highest BCUT2D eigenvalue weighted by Crippen LogP contribution is 2.20. The number of ether oxygens (including phenoxy) is 1. The molecule has 0 spiro atoms. The Morgan fingerprint density at radius 3 is 2.55 bits per heavy atom. The normalized spacial score (nSPS) is 13.5. The van der Waals surface area contributed by atoms with Crippen LogP contribution >= 0.6 is 24.0 Å². The lowest BCUT2D eigenvalue weighted by Crippen LogP contribution is -2.45. The largest absolute Gasteiger partial charge is 0.379 e. The van der Waals surface area contributed by atoms with Gasteiger partial charge in [0.1, 0.15) is 0 Å². The molecule has 0 radical (unpaired) electrons. The molecule has 0 aliphatic heterocycles. The molecule has 0 fully saturated rings. The van der Waals surface area contributed by atoms with E-state index in [-0.39, 0.29) is 35.5 Å². The average molecular weight is 423 g/mol. The SMILES string of the molecule is CCNC(=NCc1ccnn1C)NCC(OC)C(C)(C)C.I. The predicted octanol–water partition coefficient (Wildman–Crippen LogP) is 2.15. The van der Waals surface area contributed by atoms with Crippen molar-refractivity contribution in [2.75, 3.05) is 20.2 Å². The van der Waals surface area contributed by atoms with Crippen LogP contribution in [0.3, 0.4) is 0 Å². The third kappa shape index (κ3) is 6.95. The van der Waals surface area contributed by atoms with Gasteiger partial charge in [0, 0.05) is 33.4 Å². The Morgan fingerprint density at radius 2 is 2.09 bits per heavy atom. The number of nitrogens with zero attached hydrogens (tertiary/aromatic N) is 3. The minimum absolute atomic E-state index is 0. The summed E-state index contributed by atoms with van der Waals surface area (Å²) in [4.78, 5) is 4.58. The third-order valence-electron chi connectivity index (χ3n) is 3.37. The number of rotatable bonds is 6. The van der Waals surface area contributed by atoms with Gasteiger partial charge >= 0.3 is 0 Å². The number of aryl methyl sites for hydroxylation is 1. The molecule has 0 saturated carbocycles. The van der Waals surface area contributed by atoms with Crippen molar-refractivity contribution < 1.29 is 4.74 Å². The lowest BCUT2D eigenvalue weighted by atomic mass is 9.89. The van der Waals surface area contributed by atoms with Crippen LogP contribution in [0.15, 0.2) is 17.3 Å². The average Bonchev–Trinajstić information content (AvgIpc) is 2.80. The van der Waals surface area contributed by atoms with Gasteiger partial charge in [-0.25, -0.2) is 4.99 Å². The molecular weight excluding hydrogens is 393 g/mol. The van der Waals surface area contributed by atoms with E-state index in [1.165, 1.54) is 0 Å². The lowest BCUT2D eigenvalue weighted by molar-refractivity contribution is 0.0205. The van der Waals surface area contributed by atoms with Gasteiger partial charge in [0.15, 0.2) is 5.96 Å². The topological polar surface area (TPSA) is 63.5 Å². The summed E-state index contributed by atoms with van der Waals surface area (Å²) in [5, 5.41) is 10.7. The standard InChI is InChI=1S/C15H29N5O.HI/c1-7-16-14(17-10-12-8-9-19-20(12)5)18-11-13(21-6)15(2,3)4;/h8-9,13H,7,10-11H2,1-6H3,(H2,16,17,18);1H. The van der Waals surface area contributed by atoms with Gasteiger partial charge in [0.2, 0.25) is 0 Å². The van der Waals surface area contributed by atoms with Crippen LogP contribution in [0.4, 0.5) is 0 Å². The first-order chi connectivity index (χ1) is 9.88. The minimum Gasteiger partial charge on any atom is -0.379 e. The molecule has 0 aliphatic rings. The summed E-state index contributed by atoms with van der Waals surface area (Å²) in [7, 11) is 3.67. The second-order valence-corrected chi connectivity index (χ2v) is 6.11. The Bertz CT molecular complexity index is 453. The molecule has 0 saturated heterocycles. The summed E-state index contributed by atoms with van der Waals surface area (Å²) in [5.74, 6) is 0.796. The van der Waals surface area contributed by atoms with Crippen molar-refractivity contribution in [2.24, 2.45) is 17.5 Å². The van der Waals surface area contributed by atoms with Gasteiger partial charge in [0.05, 0.1) is 18.3 Å². The smallest absolute Gasteiger partial charge is 0.191 e. The molecule has 1 aromatic rings.